The van der Waals surface area contributed by atoms with Crippen LogP contribution in [0.4, 0.5) is 0 Å². The second kappa shape index (κ2) is 11.9. The molecule has 2 heterocycles. The summed E-state index contributed by atoms with van der Waals surface area (Å²) in [6.45, 7) is 3.94. The van der Waals surface area contributed by atoms with Crippen LogP contribution in [0.15, 0.2) is 18.2 Å². The maximum Gasteiger partial charge on any atom is 0.271 e. The van der Waals surface area contributed by atoms with Gasteiger partial charge in [-0.1, -0.05) is 6.07 Å². The molecule has 45 heavy (non-hydrogen) atoms. The molecular formula is C34H43N4O7+. The molecule has 0 radical (unpaired) electrons. The van der Waals surface area contributed by atoms with E-state index in [4.69, 9.17) is 5.73 Å². The highest BCUT2D eigenvalue weighted by Crippen LogP contribution is 2.51. The molecule has 11 heteroatoms. The minimum absolute atomic E-state index is 0.0150. The Morgan fingerprint density at radius 3 is 2.33 bits per heavy atom. The van der Waals surface area contributed by atoms with Gasteiger partial charge in [-0.3, -0.25) is 38.3 Å². The van der Waals surface area contributed by atoms with Gasteiger partial charge in [-0.05, 0) is 94.6 Å². The third-order valence-electron chi connectivity index (χ3n) is 10.8. The first-order valence-electron chi connectivity index (χ1n) is 16.2. The molecule has 0 aromatic heterocycles. The van der Waals surface area contributed by atoms with Crippen LogP contribution in [-0.4, -0.2) is 111 Å². The van der Waals surface area contributed by atoms with E-state index in [1.165, 1.54) is 23.8 Å². The van der Waals surface area contributed by atoms with Crippen LogP contribution in [0.5, 0.6) is 5.75 Å². The molecular weight excluding hydrogens is 576 g/mol. The molecule has 1 aromatic carbocycles. The number of hydrogen-bond donors (Lipinski definition) is 3. The minimum atomic E-state index is -2.73. The summed E-state index contributed by atoms with van der Waals surface area (Å²) in [5, 5.41) is 22.7. The van der Waals surface area contributed by atoms with E-state index in [0.717, 1.165) is 63.3 Å². The molecule has 6 atom stereocenters. The zero-order valence-corrected chi connectivity index (χ0v) is 26.0. The molecule has 5 aliphatic rings. The summed E-state index contributed by atoms with van der Waals surface area (Å²) in [5.41, 5.74) is 4.06. The van der Waals surface area contributed by atoms with Crippen LogP contribution < -0.4 is 5.73 Å². The number of nitrogens with zero attached hydrogens (tertiary/aromatic N) is 3. The molecule has 0 bridgehead atoms. The number of hydrogen-bond acceptors (Lipinski definition) is 8. The van der Waals surface area contributed by atoms with Crippen LogP contribution in [0.2, 0.25) is 0 Å². The summed E-state index contributed by atoms with van der Waals surface area (Å²) in [4.78, 5) is 71.1. The second-order valence-electron chi connectivity index (χ2n) is 13.6. The summed E-state index contributed by atoms with van der Waals surface area (Å²) in [6.07, 6.45) is 11.3. The first-order chi connectivity index (χ1) is 21.5. The van der Waals surface area contributed by atoms with Gasteiger partial charge >= 0.3 is 0 Å². The first kappa shape index (κ1) is 31.3. The van der Waals surface area contributed by atoms with Gasteiger partial charge in [-0.25, -0.2) is 0 Å². The van der Waals surface area contributed by atoms with E-state index in [2.05, 4.69) is 15.6 Å². The van der Waals surface area contributed by atoms with E-state index in [0.29, 0.717) is 5.56 Å². The Morgan fingerprint density at radius 1 is 1.02 bits per heavy atom. The number of phenolic OH excluding ortho intramolecular Hbond substituents is 1. The fourth-order valence-electron chi connectivity index (χ4n) is 8.61. The standard InChI is InChI=1S/C34H42N4O7/c1-36(2)28-22-18-20-17-21-19(10-12-24(37-13-5-3-6-14-37)38-15-7-4-8-16-38)9-11-23(39)26(21)29(40)25(20)31(42)34(22,45)32(43)27(30(28)41)33(35)44/h9-12,20,22,25,27-28,45H,3-8,13-18H2,1-2H3,(H2,35,44)/p+1/t20-,22-,25?,27?,28-,34-/m0/s1. The van der Waals surface area contributed by atoms with Gasteiger partial charge < -0.3 is 15.9 Å². The van der Waals surface area contributed by atoms with E-state index in [1.54, 1.807) is 20.2 Å². The molecule has 1 amide bonds. The number of carbonyl (C=O) groups excluding carboxylic acids is 5. The molecule has 6 rings (SSSR count). The lowest BCUT2D eigenvalue weighted by Crippen LogP contribution is -2.74. The lowest BCUT2D eigenvalue weighted by Gasteiger charge is -2.52. The number of fused-ring (bicyclic) bond motifs is 3. The fraction of sp³-hybridized carbons (Fsp3) is 0.588. The van der Waals surface area contributed by atoms with Crippen molar-refractivity contribution in [1.82, 2.24) is 9.80 Å². The lowest BCUT2D eigenvalue weighted by atomic mass is 9.52. The summed E-state index contributed by atoms with van der Waals surface area (Å²) in [6, 6.07) is 2.09. The summed E-state index contributed by atoms with van der Waals surface area (Å²) in [7, 11) is 3.16. The average Bonchev–Trinajstić information content (AvgIpc) is 3.01. The van der Waals surface area contributed by atoms with Crippen LogP contribution in [0, 0.1) is 23.7 Å². The predicted octanol–water partition coefficient (Wildman–Crippen LogP) is 0.961. The molecule has 2 saturated carbocycles. The Labute approximate surface area is 262 Å². The SMILES string of the molecule is CN(C)[C@@H]1C(=O)C(C(N)=O)C(=O)[C@@]2(O)C(=O)C3C(=O)c4c(O)ccc(C=CC(N5CCCCC5)=[N+]5CCCCC5)c4C[C@H]3C[C@@H]12. The highest BCUT2D eigenvalue weighted by Gasteiger charge is 2.69. The molecule has 1 aromatic rings. The van der Waals surface area contributed by atoms with E-state index >= 15 is 0 Å². The van der Waals surface area contributed by atoms with Crippen molar-refractivity contribution >= 4 is 41.0 Å². The van der Waals surface area contributed by atoms with E-state index in [1.807, 2.05) is 6.08 Å². The van der Waals surface area contributed by atoms with Crippen molar-refractivity contribution < 1.29 is 38.8 Å². The normalized spacial score (nSPS) is 32.0. The van der Waals surface area contributed by atoms with Crippen LogP contribution in [0.3, 0.4) is 0 Å². The number of rotatable bonds is 4. The van der Waals surface area contributed by atoms with Crippen molar-refractivity contribution in [2.24, 2.45) is 29.4 Å². The van der Waals surface area contributed by atoms with Gasteiger partial charge in [0.15, 0.2) is 34.7 Å². The third-order valence-corrected chi connectivity index (χ3v) is 10.8. The predicted molar refractivity (Wildman–Crippen MR) is 165 cm³/mol. The Morgan fingerprint density at radius 2 is 1.69 bits per heavy atom. The third kappa shape index (κ3) is 5.04. The van der Waals surface area contributed by atoms with Crippen LogP contribution in [-0.2, 0) is 25.6 Å². The number of likely N-dealkylation sites (N-methyl/N-ethyl adjacent to an activating group) is 1. The number of amides is 1. The quantitative estimate of drug-likeness (QED) is 0.253. The van der Waals surface area contributed by atoms with Crippen molar-refractivity contribution in [3.63, 3.8) is 0 Å². The molecule has 2 saturated heterocycles. The van der Waals surface area contributed by atoms with Crippen molar-refractivity contribution in [3.8, 4) is 5.75 Å². The Hall–Kier alpha value is -3.70. The van der Waals surface area contributed by atoms with Gasteiger partial charge in [0.05, 0.1) is 43.7 Å². The highest BCUT2D eigenvalue weighted by atomic mass is 16.3. The summed E-state index contributed by atoms with van der Waals surface area (Å²) in [5.74, 6) is -9.20. The number of phenols is 1. The number of ketones is 4. The zero-order chi connectivity index (χ0) is 32.2. The molecule has 4 fully saturated rings. The number of carbonyl (C=O) groups is 5. The fourth-order valence-corrected chi connectivity index (χ4v) is 8.61. The van der Waals surface area contributed by atoms with Gasteiger partial charge in [0, 0.05) is 12.0 Å². The van der Waals surface area contributed by atoms with Crippen LogP contribution in [0.1, 0.15) is 66.4 Å². The van der Waals surface area contributed by atoms with E-state index < -0.39 is 64.4 Å². The van der Waals surface area contributed by atoms with Crippen molar-refractivity contribution in [2.75, 3.05) is 40.3 Å². The van der Waals surface area contributed by atoms with Gasteiger partial charge in [0.2, 0.25) is 5.91 Å². The molecule has 0 spiro atoms. The molecule has 2 aliphatic heterocycles. The molecule has 240 valence electrons. The summed E-state index contributed by atoms with van der Waals surface area (Å²) < 4.78 is 2.43. The number of piperidine rings is 2. The van der Waals surface area contributed by atoms with Crippen LogP contribution in [0.25, 0.3) is 6.08 Å². The average molecular weight is 620 g/mol. The van der Waals surface area contributed by atoms with Crippen molar-refractivity contribution in [1.29, 1.82) is 0 Å². The number of Topliss-reactive ketones (excluding diaryl/α,β-unsaturated/α-hetero) is 4. The van der Waals surface area contributed by atoms with Crippen molar-refractivity contribution in [2.45, 2.75) is 63.0 Å². The number of primary amides is 1. The number of amidine groups is 1. The molecule has 11 nitrogen and oxygen atoms in total. The highest BCUT2D eigenvalue weighted by molar-refractivity contribution is 6.32. The number of likely N-dealkylation sites (tertiary alicyclic amines) is 1. The largest absolute Gasteiger partial charge is 0.507 e. The van der Waals surface area contributed by atoms with Gasteiger partial charge in [-0.15, -0.1) is 0 Å². The summed E-state index contributed by atoms with van der Waals surface area (Å²) >= 11 is 0. The smallest absolute Gasteiger partial charge is 0.271 e. The van der Waals surface area contributed by atoms with E-state index in [-0.39, 0.29) is 24.2 Å². The second-order valence-corrected chi connectivity index (χ2v) is 13.6. The Kier molecular flexibility index (Phi) is 8.28. The zero-order valence-electron chi connectivity index (χ0n) is 26.0. The minimum Gasteiger partial charge on any atom is -0.507 e. The van der Waals surface area contributed by atoms with Crippen molar-refractivity contribution in [3.05, 3.63) is 34.9 Å². The lowest BCUT2D eigenvalue weighted by molar-refractivity contribution is -0.541. The molecule has 3 aliphatic carbocycles. The number of benzene rings is 1. The van der Waals surface area contributed by atoms with Gasteiger partial charge in [0.25, 0.3) is 5.84 Å². The monoisotopic (exact) mass is 619 g/mol. The first-order valence-corrected chi connectivity index (χ1v) is 16.2. The molecule has 4 N–H and O–H groups in total. The number of aliphatic hydroxyl groups is 1. The van der Waals surface area contributed by atoms with E-state index in [9.17, 15) is 34.2 Å². The topological polar surface area (TPSA) is 161 Å². The van der Waals surface area contributed by atoms with Crippen LogP contribution >= 0.6 is 0 Å². The Balaban J connectivity index is 1.40. The van der Waals surface area contributed by atoms with Gasteiger partial charge in [0.1, 0.15) is 5.75 Å². The van der Waals surface area contributed by atoms with Gasteiger partial charge in [-0.2, -0.15) is 0 Å². The molecule has 2 unspecified atom stereocenters. The number of aromatic hydroxyl groups is 1. The Bertz CT molecular complexity index is 1520. The maximum absolute atomic E-state index is 14.1. The number of nitrogens with two attached hydrogens (primary N) is 1. The maximum atomic E-state index is 14.1.